The maximum atomic E-state index is 5.69. The second kappa shape index (κ2) is 11.3. The molecule has 0 atom stereocenters. The Bertz CT molecular complexity index is 618. The first-order valence-corrected chi connectivity index (χ1v) is 8.57. The van der Waals surface area contributed by atoms with Crippen LogP contribution in [-0.4, -0.2) is 40.1 Å². The number of anilines is 1. The van der Waals surface area contributed by atoms with Gasteiger partial charge in [-0.05, 0) is 36.8 Å². The van der Waals surface area contributed by atoms with Gasteiger partial charge in [-0.1, -0.05) is 18.2 Å². The van der Waals surface area contributed by atoms with E-state index in [1.54, 1.807) is 7.11 Å². The van der Waals surface area contributed by atoms with E-state index in [0.717, 1.165) is 22.7 Å². The van der Waals surface area contributed by atoms with Gasteiger partial charge in [-0.15, -0.1) is 0 Å². The Balaban J connectivity index is 1.83. The molecule has 5 heteroatoms. The van der Waals surface area contributed by atoms with E-state index in [2.05, 4.69) is 11.4 Å². The Morgan fingerprint density at radius 1 is 0.840 bits per heavy atom. The Kier molecular flexibility index (Phi) is 8.66. The molecule has 2 aromatic carbocycles. The summed E-state index contributed by atoms with van der Waals surface area (Å²) in [5.41, 5.74) is 2.16. The smallest absolute Gasteiger partial charge is 0.121 e. The molecule has 2 rings (SSSR count). The second-order valence-corrected chi connectivity index (χ2v) is 5.42. The van der Waals surface area contributed by atoms with Crippen LogP contribution in [0.1, 0.15) is 12.5 Å². The highest BCUT2D eigenvalue weighted by Crippen LogP contribution is 2.19. The van der Waals surface area contributed by atoms with Crippen molar-refractivity contribution >= 4 is 5.69 Å². The van der Waals surface area contributed by atoms with Crippen LogP contribution >= 0.6 is 0 Å². The van der Waals surface area contributed by atoms with Crippen LogP contribution in [0.3, 0.4) is 0 Å². The standard InChI is InChI=1S/C20H27NO4/c1-3-23-11-13-25-19-8-4-6-17(14-19)16-21-18-7-5-9-20(15-18)24-12-10-22-2/h4-9,14-15,21H,3,10-13,16H2,1-2H3. The van der Waals surface area contributed by atoms with Crippen molar-refractivity contribution in [3.63, 3.8) is 0 Å². The molecule has 0 saturated heterocycles. The molecule has 0 aliphatic rings. The van der Waals surface area contributed by atoms with Crippen LogP contribution in [0.2, 0.25) is 0 Å². The molecule has 0 aliphatic carbocycles. The first-order chi connectivity index (χ1) is 12.3. The predicted molar refractivity (Wildman–Crippen MR) is 99.6 cm³/mol. The van der Waals surface area contributed by atoms with E-state index in [4.69, 9.17) is 18.9 Å². The van der Waals surface area contributed by atoms with Gasteiger partial charge < -0.3 is 24.3 Å². The van der Waals surface area contributed by atoms with Crippen LogP contribution in [0.4, 0.5) is 5.69 Å². The number of ether oxygens (including phenoxy) is 4. The molecule has 25 heavy (non-hydrogen) atoms. The van der Waals surface area contributed by atoms with Crippen molar-refractivity contribution in [2.75, 3.05) is 45.5 Å². The zero-order valence-electron chi connectivity index (χ0n) is 15.0. The third-order valence-electron chi connectivity index (χ3n) is 3.49. The second-order valence-electron chi connectivity index (χ2n) is 5.42. The average Bonchev–Trinajstić information content (AvgIpc) is 2.65. The molecule has 0 radical (unpaired) electrons. The van der Waals surface area contributed by atoms with Crippen molar-refractivity contribution in [1.29, 1.82) is 0 Å². The van der Waals surface area contributed by atoms with E-state index in [-0.39, 0.29) is 0 Å². The van der Waals surface area contributed by atoms with Gasteiger partial charge in [0.1, 0.15) is 24.7 Å². The SMILES string of the molecule is CCOCCOc1cccc(CNc2cccc(OCCOC)c2)c1. The van der Waals surface area contributed by atoms with Gasteiger partial charge in [-0.25, -0.2) is 0 Å². The molecular weight excluding hydrogens is 318 g/mol. The number of benzene rings is 2. The fraction of sp³-hybridized carbons (Fsp3) is 0.400. The van der Waals surface area contributed by atoms with E-state index in [9.17, 15) is 0 Å². The third kappa shape index (κ3) is 7.45. The molecule has 0 spiro atoms. The lowest BCUT2D eigenvalue weighted by molar-refractivity contribution is 0.110. The highest BCUT2D eigenvalue weighted by atomic mass is 16.5. The summed E-state index contributed by atoms with van der Waals surface area (Å²) in [6.07, 6.45) is 0. The molecular formula is C20H27NO4. The monoisotopic (exact) mass is 345 g/mol. The largest absolute Gasteiger partial charge is 0.491 e. The average molecular weight is 345 g/mol. The Hall–Kier alpha value is -2.24. The number of methoxy groups -OCH3 is 1. The molecule has 0 aliphatic heterocycles. The fourth-order valence-corrected chi connectivity index (χ4v) is 2.25. The lowest BCUT2D eigenvalue weighted by Crippen LogP contribution is -2.07. The summed E-state index contributed by atoms with van der Waals surface area (Å²) >= 11 is 0. The molecule has 2 aromatic rings. The third-order valence-corrected chi connectivity index (χ3v) is 3.49. The minimum absolute atomic E-state index is 0.543. The molecule has 136 valence electrons. The molecule has 0 saturated carbocycles. The Labute approximate surface area is 149 Å². The van der Waals surface area contributed by atoms with Gasteiger partial charge in [0.05, 0.1) is 13.2 Å². The van der Waals surface area contributed by atoms with Gasteiger partial charge in [0.15, 0.2) is 0 Å². The quantitative estimate of drug-likeness (QED) is 0.594. The summed E-state index contributed by atoms with van der Waals surface area (Å²) in [5, 5.41) is 3.40. The molecule has 0 amide bonds. The van der Waals surface area contributed by atoms with Crippen LogP contribution in [0.15, 0.2) is 48.5 Å². The van der Waals surface area contributed by atoms with Crippen molar-refractivity contribution in [2.45, 2.75) is 13.5 Å². The van der Waals surface area contributed by atoms with E-state index >= 15 is 0 Å². The highest BCUT2D eigenvalue weighted by Gasteiger charge is 2.00. The first-order valence-electron chi connectivity index (χ1n) is 8.57. The molecule has 0 unspecified atom stereocenters. The zero-order chi connectivity index (χ0) is 17.7. The summed E-state index contributed by atoms with van der Waals surface area (Å²) in [6.45, 7) is 5.69. The lowest BCUT2D eigenvalue weighted by atomic mass is 10.2. The Morgan fingerprint density at radius 3 is 2.32 bits per heavy atom. The summed E-state index contributed by atoms with van der Waals surface area (Å²) in [4.78, 5) is 0. The predicted octanol–water partition coefficient (Wildman–Crippen LogP) is 3.74. The highest BCUT2D eigenvalue weighted by molar-refractivity contribution is 5.48. The molecule has 5 nitrogen and oxygen atoms in total. The maximum absolute atomic E-state index is 5.69. The minimum atomic E-state index is 0.543. The van der Waals surface area contributed by atoms with Crippen molar-refractivity contribution in [2.24, 2.45) is 0 Å². The molecule has 0 heterocycles. The summed E-state index contributed by atoms with van der Waals surface area (Å²) in [5.74, 6) is 1.69. The van der Waals surface area contributed by atoms with Crippen LogP contribution < -0.4 is 14.8 Å². The van der Waals surface area contributed by atoms with Crippen LogP contribution in [0, 0.1) is 0 Å². The van der Waals surface area contributed by atoms with Gasteiger partial charge in [0.2, 0.25) is 0 Å². The van der Waals surface area contributed by atoms with Gasteiger partial charge in [-0.3, -0.25) is 0 Å². The van der Waals surface area contributed by atoms with Crippen LogP contribution in [0.25, 0.3) is 0 Å². The summed E-state index contributed by atoms with van der Waals surface area (Å²) < 4.78 is 21.6. The van der Waals surface area contributed by atoms with Crippen molar-refractivity contribution in [3.05, 3.63) is 54.1 Å². The number of nitrogens with one attached hydrogen (secondary N) is 1. The summed E-state index contributed by atoms with van der Waals surface area (Å²) in [6, 6.07) is 16.0. The van der Waals surface area contributed by atoms with Crippen molar-refractivity contribution < 1.29 is 18.9 Å². The minimum Gasteiger partial charge on any atom is -0.491 e. The number of hydrogen-bond donors (Lipinski definition) is 1. The van der Waals surface area contributed by atoms with E-state index in [1.165, 1.54) is 0 Å². The van der Waals surface area contributed by atoms with Gasteiger partial charge in [0.25, 0.3) is 0 Å². The molecule has 1 N–H and O–H groups in total. The topological polar surface area (TPSA) is 49.0 Å². The zero-order valence-corrected chi connectivity index (χ0v) is 15.0. The lowest BCUT2D eigenvalue weighted by Gasteiger charge is -2.11. The van der Waals surface area contributed by atoms with Gasteiger partial charge >= 0.3 is 0 Å². The molecule has 0 aromatic heterocycles. The Morgan fingerprint density at radius 2 is 1.56 bits per heavy atom. The van der Waals surface area contributed by atoms with E-state index in [1.807, 2.05) is 49.4 Å². The number of rotatable bonds is 12. The van der Waals surface area contributed by atoms with Crippen molar-refractivity contribution in [1.82, 2.24) is 0 Å². The molecule has 0 bridgehead atoms. The maximum Gasteiger partial charge on any atom is 0.121 e. The summed E-state index contributed by atoms with van der Waals surface area (Å²) in [7, 11) is 1.66. The van der Waals surface area contributed by atoms with Gasteiger partial charge in [-0.2, -0.15) is 0 Å². The van der Waals surface area contributed by atoms with Crippen LogP contribution in [-0.2, 0) is 16.0 Å². The fourth-order valence-electron chi connectivity index (χ4n) is 2.25. The van der Waals surface area contributed by atoms with Crippen LogP contribution in [0.5, 0.6) is 11.5 Å². The van der Waals surface area contributed by atoms with E-state index in [0.29, 0.717) is 39.6 Å². The van der Waals surface area contributed by atoms with Crippen molar-refractivity contribution in [3.8, 4) is 11.5 Å². The first kappa shape index (κ1) is 19.1. The van der Waals surface area contributed by atoms with E-state index < -0.39 is 0 Å². The normalized spacial score (nSPS) is 10.5. The number of hydrogen-bond acceptors (Lipinski definition) is 5. The van der Waals surface area contributed by atoms with Gasteiger partial charge in [0, 0.05) is 32.0 Å². The molecule has 0 fully saturated rings.